The Balaban J connectivity index is 2.00. The zero-order chi connectivity index (χ0) is 13.8. The standard InChI is InChI=1S/C14H18N2O2S/c15-14(19)11-5-3-7-16(9-11)13(18)8-10-4-1-2-6-12(10)17/h1-2,4,6,11,17H,3,5,7-9H2,(H2,15,19). The maximum Gasteiger partial charge on any atom is 0.227 e. The van der Waals surface area contributed by atoms with Gasteiger partial charge in [-0.1, -0.05) is 30.4 Å². The average Bonchev–Trinajstić information content (AvgIpc) is 2.41. The lowest BCUT2D eigenvalue weighted by Crippen LogP contribution is -2.44. The summed E-state index contributed by atoms with van der Waals surface area (Å²) in [4.78, 5) is 14.5. The second-order valence-electron chi connectivity index (χ2n) is 4.89. The molecule has 0 saturated carbocycles. The number of hydrogen-bond donors (Lipinski definition) is 2. The van der Waals surface area contributed by atoms with E-state index in [1.165, 1.54) is 0 Å². The van der Waals surface area contributed by atoms with Crippen LogP contribution in [0.1, 0.15) is 18.4 Å². The maximum absolute atomic E-state index is 12.2. The van der Waals surface area contributed by atoms with E-state index in [4.69, 9.17) is 18.0 Å². The third-order valence-electron chi connectivity index (χ3n) is 3.51. The Labute approximate surface area is 118 Å². The molecule has 0 spiro atoms. The molecule has 5 heteroatoms. The highest BCUT2D eigenvalue weighted by atomic mass is 32.1. The van der Waals surface area contributed by atoms with E-state index in [9.17, 15) is 9.90 Å². The molecule has 1 unspecified atom stereocenters. The lowest BCUT2D eigenvalue weighted by atomic mass is 9.97. The van der Waals surface area contributed by atoms with Crippen LogP contribution >= 0.6 is 12.2 Å². The number of carbonyl (C=O) groups is 1. The Kier molecular flexibility index (Phi) is 4.37. The molecule has 1 atom stereocenters. The third kappa shape index (κ3) is 3.44. The minimum atomic E-state index is 0.0162. The van der Waals surface area contributed by atoms with Crippen LogP contribution in [0, 0.1) is 5.92 Å². The smallest absolute Gasteiger partial charge is 0.227 e. The van der Waals surface area contributed by atoms with Crippen LogP contribution in [-0.2, 0) is 11.2 Å². The number of amides is 1. The van der Waals surface area contributed by atoms with Gasteiger partial charge in [0.15, 0.2) is 0 Å². The van der Waals surface area contributed by atoms with Crippen LogP contribution in [0.25, 0.3) is 0 Å². The lowest BCUT2D eigenvalue weighted by molar-refractivity contribution is -0.131. The van der Waals surface area contributed by atoms with Crippen molar-refractivity contribution < 1.29 is 9.90 Å². The molecule has 1 saturated heterocycles. The van der Waals surface area contributed by atoms with Crippen molar-refractivity contribution in [1.29, 1.82) is 0 Å². The van der Waals surface area contributed by atoms with Crippen molar-refractivity contribution in [2.75, 3.05) is 13.1 Å². The molecule has 4 nitrogen and oxygen atoms in total. The van der Waals surface area contributed by atoms with E-state index < -0.39 is 0 Å². The fourth-order valence-corrected chi connectivity index (χ4v) is 2.56. The molecule has 102 valence electrons. The number of thiocarbonyl (C=S) groups is 1. The number of rotatable bonds is 3. The van der Waals surface area contributed by atoms with Gasteiger partial charge in [-0.2, -0.15) is 0 Å². The number of phenolic OH excluding ortho intramolecular Hbond substituents is 1. The van der Waals surface area contributed by atoms with Gasteiger partial charge in [0, 0.05) is 24.6 Å². The van der Waals surface area contributed by atoms with Crippen LogP contribution in [0.2, 0.25) is 0 Å². The molecule has 0 aliphatic carbocycles. The quantitative estimate of drug-likeness (QED) is 0.822. The van der Waals surface area contributed by atoms with Crippen LogP contribution in [0.4, 0.5) is 0 Å². The molecule has 19 heavy (non-hydrogen) atoms. The van der Waals surface area contributed by atoms with Gasteiger partial charge in [-0.15, -0.1) is 0 Å². The van der Waals surface area contributed by atoms with Gasteiger partial charge in [-0.05, 0) is 18.9 Å². The number of piperidine rings is 1. The van der Waals surface area contributed by atoms with Crippen LogP contribution in [-0.4, -0.2) is 34.0 Å². The summed E-state index contributed by atoms with van der Waals surface area (Å²) < 4.78 is 0. The fraction of sp³-hybridized carbons (Fsp3) is 0.429. The molecule has 1 aromatic rings. The molecule has 1 fully saturated rings. The number of nitrogens with zero attached hydrogens (tertiary/aromatic N) is 1. The van der Waals surface area contributed by atoms with Crippen molar-refractivity contribution in [2.45, 2.75) is 19.3 Å². The highest BCUT2D eigenvalue weighted by Crippen LogP contribution is 2.20. The lowest BCUT2D eigenvalue weighted by Gasteiger charge is -2.32. The number of benzene rings is 1. The molecule has 1 amide bonds. The van der Waals surface area contributed by atoms with E-state index in [0.717, 1.165) is 19.4 Å². The molecule has 1 aromatic carbocycles. The predicted molar refractivity (Wildman–Crippen MR) is 77.9 cm³/mol. The van der Waals surface area contributed by atoms with Gasteiger partial charge < -0.3 is 15.7 Å². The summed E-state index contributed by atoms with van der Waals surface area (Å²) in [5, 5.41) is 9.69. The van der Waals surface area contributed by atoms with Crippen molar-refractivity contribution in [3.05, 3.63) is 29.8 Å². The molecule has 0 bridgehead atoms. The van der Waals surface area contributed by atoms with E-state index in [1.807, 2.05) is 6.07 Å². The molecule has 0 radical (unpaired) electrons. The van der Waals surface area contributed by atoms with Gasteiger partial charge in [0.25, 0.3) is 0 Å². The Morgan fingerprint density at radius 1 is 1.47 bits per heavy atom. The van der Waals surface area contributed by atoms with E-state index in [1.54, 1.807) is 23.1 Å². The first-order valence-corrected chi connectivity index (χ1v) is 6.82. The second kappa shape index (κ2) is 6.02. The summed E-state index contributed by atoms with van der Waals surface area (Å²) in [6, 6.07) is 6.92. The van der Waals surface area contributed by atoms with Crippen LogP contribution in [0.5, 0.6) is 5.75 Å². The summed E-state index contributed by atoms with van der Waals surface area (Å²) in [7, 11) is 0. The van der Waals surface area contributed by atoms with Gasteiger partial charge in [0.2, 0.25) is 5.91 Å². The molecule has 0 aromatic heterocycles. The zero-order valence-electron chi connectivity index (χ0n) is 10.7. The topological polar surface area (TPSA) is 66.6 Å². The third-order valence-corrected chi connectivity index (χ3v) is 3.84. The van der Waals surface area contributed by atoms with E-state index in [0.29, 0.717) is 17.1 Å². The highest BCUT2D eigenvalue weighted by Gasteiger charge is 2.25. The van der Waals surface area contributed by atoms with Crippen molar-refractivity contribution in [3.63, 3.8) is 0 Å². The van der Waals surface area contributed by atoms with Crippen LogP contribution in [0.3, 0.4) is 0 Å². The van der Waals surface area contributed by atoms with Gasteiger partial charge in [0.1, 0.15) is 5.75 Å². The largest absolute Gasteiger partial charge is 0.508 e. The minimum Gasteiger partial charge on any atom is -0.508 e. The second-order valence-corrected chi connectivity index (χ2v) is 5.36. The first-order valence-electron chi connectivity index (χ1n) is 6.42. The van der Waals surface area contributed by atoms with Gasteiger partial charge in [-0.25, -0.2) is 0 Å². The summed E-state index contributed by atoms with van der Waals surface area (Å²) >= 11 is 5.01. The van der Waals surface area contributed by atoms with Gasteiger partial charge >= 0.3 is 0 Å². The molecule has 1 aliphatic heterocycles. The number of likely N-dealkylation sites (tertiary alicyclic amines) is 1. The zero-order valence-corrected chi connectivity index (χ0v) is 11.5. The number of aromatic hydroxyl groups is 1. The maximum atomic E-state index is 12.2. The monoisotopic (exact) mass is 278 g/mol. The van der Waals surface area contributed by atoms with Crippen LogP contribution in [0.15, 0.2) is 24.3 Å². The Bertz CT molecular complexity index is 490. The normalized spacial score (nSPS) is 19.2. The summed E-state index contributed by atoms with van der Waals surface area (Å²) in [6.45, 7) is 1.34. The van der Waals surface area contributed by atoms with E-state index in [2.05, 4.69) is 0 Å². The highest BCUT2D eigenvalue weighted by molar-refractivity contribution is 7.80. The molecule has 2 rings (SSSR count). The molecule has 1 aliphatic rings. The number of hydrogen-bond acceptors (Lipinski definition) is 3. The molecule has 3 N–H and O–H groups in total. The number of para-hydroxylation sites is 1. The predicted octanol–water partition coefficient (Wildman–Crippen LogP) is 1.46. The molecular weight excluding hydrogens is 260 g/mol. The van der Waals surface area contributed by atoms with Gasteiger partial charge in [0.05, 0.1) is 11.4 Å². The fourth-order valence-electron chi connectivity index (χ4n) is 2.37. The first kappa shape index (κ1) is 13.8. The minimum absolute atomic E-state index is 0.0162. The van der Waals surface area contributed by atoms with Crippen molar-refractivity contribution in [1.82, 2.24) is 4.90 Å². The van der Waals surface area contributed by atoms with Crippen molar-refractivity contribution in [3.8, 4) is 5.75 Å². The van der Waals surface area contributed by atoms with Gasteiger partial charge in [-0.3, -0.25) is 4.79 Å². The Morgan fingerprint density at radius 3 is 2.89 bits per heavy atom. The summed E-state index contributed by atoms with van der Waals surface area (Å²) in [5.74, 6) is 0.304. The van der Waals surface area contributed by atoms with Crippen molar-refractivity contribution in [2.24, 2.45) is 11.7 Å². The number of carbonyl (C=O) groups excluding carboxylic acids is 1. The number of phenols is 1. The van der Waals surface area contributed by atoms with Crippen molar-refractivity contribution >= 4 is 23.1 Å². The number of nitrogens with two attached hydrogens (primary N) is 1. The Morgan fingerprint density at radius 2 is 2.21 bits per heavy atom. The molecular formula is C14H18N2O2S. The average molecular weight is 278 g/mol. The molecule has 1 heterocycles. The van der Waals surface area contributed by atoms with Crippen LogP contribution < -0.4 is 5.73 Å². The van der Waals surface area contributed by atoms with E-state index in [-0.39, 0.29) is 24.0 Å². The SMILES string of the molecule is NC(=S)C1CCCN(C(=O)Cc2ccccc2O)C1. The summed E-state index contributed by atoms with van der Waals surface area (Å²) in [5.41, 5.74) is 6.32. The Hall–Kier alpha value is -1.62. The van der Waals surface area contributed by atoms with E-state index >= 15 is 0 Å². The summed E-state index contributed by atoms with van der Waals surface area (Å²) in [6.07, 6.45) is 2.10. The first-order chi connectivity index (χ1) is 9.08.